The minimum absolute atomic E-state index is 0.579. The van der Waals surface area contributed by atoms with Crippen molar-refractivity contribution >= 4 is 27.5 Å². The van der Waals surface area contributed by atoms with Crippen LogP contribution in [0.5, 0.6) is 0 Å². The largest absolute Gasteiger partial charge is 0.385 e. The molecule has 1 aliphatic carbocycles. The van der Waals surface area contributed by atoms with Gasteiger partial charge in [-0.25, -0.2) is 0 Å². The second kappa shape index (κ2) is 2.72. The highest BCUT2D eigenvalue weighted by Crippen LogP contribution is 2.46. The van der Waals surface area contributed by atoms with Crippen molar-refractivity contribution in [2.24, 2.45) is 0 Å². The number of aliphatic hydroxyl groups is 1. The fourth-order valence-electron chi connectivity index (χ4n) is 1.19. The average Bonchev–Trinajstić information content (AvgIpc) is 2.75. The van der Waals surface area contributed by atoms with Crippen molar-refractivity contribution < 1.29 is 5.11 Å². The Labute approximate surface area is 84.5 Å². The molecule has 0 unspecified atom stereocenters. The van der Waals surface area contributed by atoms with Gasteiger partial charge in [0.15, 0.2) is 0 Å². The predicted molar refractivity (Wildman–Crippen MR) is 52.3 cm³/mol. The van der Waals surface area contributed by atoms with E-state index < -0.39 is 5.60 Å². The van der Waals surface area contributed by atoms with Gasteiger partial charge in [0.1, 0.15) is 0 Å². The smallest absolute Gasteiger partial charge is 0.0899 e. The first-order valence-corrected chi connectivity index (χ1v) is 4.97. The molecular formula is C9H8BrClO. The summed E-state index contributed by atoms with van der Waals surface area (Å²) >= 11 is 9.19. The summed E-state index contributed by atoms with van der Waals surface area (Å²) in [6.07, 6.45) is 1.70. The van der Waals surface area contributed by atoms with Gasteiger partial charge in [-0.15, -0.1) is 0 Å². The van der Waals surface area contributed by atoms with Crippen LogP contribution in [0.4, 0.5) is 0 Å². The van der Waals surface area contributed by atoms with E-state index >= 15 is 0 Å². The molecule has 0 spiro atoms. The summed E-state index contributed by atoms with van der Waals surface area (Å²) in [5.41, 5.74) is 0.348. The van der Waals surface area contributed by atoms with Gasteiger partial charge in [-0.1, -0.05) is 17.7 Å². The zero-order chi connectivity index (χ0) is 8.77. The lowest BCUT2D eigenvalue weighted by molar-refractivity contribution is 0.151. The molecule has 64 valence electrons. The average molecular weight is 248 g/mol. The molecule has 1 saturated carbocycles. The molecule has 2 rings (SSSR count). The van der Waals surface area contributed by atoms with Crippen LogP contribution >= 0.6 is 27.5 Å². The van der Waals surface area contributed by atoms with Gasteiger partial charge in [0.25, 0.3) is 0 Å². The minimum atomic E-state index is -0.579. The van der Waals surface area contributed by atoms with Crippen LogP contribution in [0, 0.1) is 0 Å². The number of rotatable bonds is 1. The molecule has 0 bridgehead atoms. The maximum absolute atomic E-state index is 9.74. The Morgan fingerprint density at radius 2 is 2.08 bits per heavy atom. The second-order valence-corrected chi connectivity index (χ2v) is 4.42. The molecule has 0 heterocycles. The molecule has 0 radical (unpaired) electrons. The van der Waals surface area contributed by atoms with Gasteiger partial charge in [-0.2, -0.15) is 0 Å². The maximum atomic E-state index is 9.74. The Hall–Kier alpha value is -0.0500. The van der Waals surface area contributed by atoms with Gasteiger partial charge in [0.2, 0.25) is 0 Å². The standard InChI is InChI=1S/C9H8BrClO/c10-7-2-1-6(5-8(7)11)9(12)3-4-9/h1-2,5,12H,3-4H2. The van der Waals surface area contributed by atoms with Crippen LogP contribution in [0.15, 0.2) is 22.7 Å². The molecule has 1 aromatic rings. The van der Waals surface area contributed by atoms with Crippen molar-refractivity contribution in [1.82, 2.24) is 0 Å². The van der Waals surface area contributed by atoms with E-state index in [1.165, 1.54) is 0 Å². The lowest BCUT2D eigenvalue weighted by atomic mass is 10.1. The zero-order valence-electron chi connectivity index (χ0n) is 6.35. The first-order chi connectivity index (χ1) is 5.62. The third-order valence-corrected chi connectivity index (χ3v) is 3.41. The second-order valence-electron chi connectivity index (χ2n) is 3.16. The first-order valence-electron chi connectivity index (χ1n) is 3.80. The van der Waals surface area contributed by atoms with Crippen LogP contribution in [0.25, 0.3) is 0 Å². The Morgan fingerprint density at radius 3 is 2.58 bits per heavy atom. The maximum Gasteiger partial charge on any atom is 0.0899 e. The Morgan fingerprint density at radius 1 is 1.42 bits per heavy atom. The van der Waals surface area contributed by atoms with Gasteiger partial charge >= 0.3 is 0 Å². The van der Waals surface area contributed by atoms with E-state index in [0.717, 1.165) is 22.9 Å². The quantitative estimate of drug-likeness (QED) is 0.808. The molecule has 12 heavy (non-hydrogen) atoms. The van der Waals surface area contributed by atoms with Crippen LogP contribution in [0.3, 0.4) is 0 Å². The van der Waals surface area contributed by atoms with Crippen molar-refractivity contribution in [3.63, 3.8) is 0 Å². The van der Waals surface area contributed by atoms with E-state index in [1.807, 2.05) is 18.2 Å². The lowest BCUT2D eigenvalue weighted by Crippen LogP contribution is -2.03. The van der Waals surface area contributed by atoms with Crippen LogP contribution < -0.4 is 0 Å². The summed E-state index contributed by atoms with van der Waals surface area (Å²) in [5, 5.41) is 10.4. The first kappa shape index (κ1) is 8.54. The van der Waals surface area contributed by atoms with Gasteiger partial charge < -0.3 is 5.11 Å². The monoisotopic (exact) mass is 246 g/mol. The van der Waals surface area contributed by atoms with Crippen molar-refractivity contribution in [2.75, 3.05) is 0 Å². The molecule has 0 atom stereocenters. The summed E-state index contributed by atoms with van der Waals surface area (Å²) in [7, 11) is 0. The molecule has 0 aliphatic heterocycles. The Balaban J connectivity index is 2.41. The predicted octanol–water partition coefficient (Wildman–Crippen LogP) is 3.08. The molecule has 1 aliphatic rings. The highest BCUT2D eigenvalue weighted by molar-refractivity contribution is 9.10. The molecule has 1 N–H and O–H groups in total. The van der Waals surface area contributed by atoms with Crippen molar-refractivity contribution in [2.45, 2.75) is 18.4 Å². The summed E-state index contributed by atoms with van der Waals surface area (Å²) < 4.78 is 0.872. The van der Waals surface area contributed by atoms with Gasteiger partial charge in [-0.3, -0.25) is 0 Å². The number of benzene rings is 1. The minimum Gasteiger partial charge on any atom is -0.385 e. The third-order valence-electron chi connectivity index (χ3n) is 2.18. The van der Waals surface area contributed by atoms with Gasteiger partial charge in [0.05, 0.1) is 10.6 Å². The molecule has 3 heteroatoms. The summed E-state index contributed by atoms with van der Waals surface area (Å²) in [6, 6.07) is 5.59. The van der Waals surface area contributed by atoms with Crippen molar-refractivity contribution in [1.29, 1.82) is 0 Å². The van der Waals surface area contributed by atoms with Gasteiger partial charge in [0, 0.05) is 4.47 Å². The molecule has 0 saturated heterocycles. The Bertz CT molecular complexity index is 320. The van der Waals surface area contributed by atoms with E-state index in [2.05, 4.69) is 15.9 Å². The van der Waals surface area contributed by atoms with Crippen LogP contribution in [0.2, 0.25) is 5.02 Å². The van der Waals surface area contributed by atoms with Gasteiger partial charge in [-0.05, 0) is 46.5 Å². The van der Waals surface area contributed by atoms with E-state index in [1.54, 1.807) is 0 Å². The van der Waals surface area contributed by atoms with E-state index in [4.69, 9.17) is 11.6 Å². The van der Waals surface area contributed by atoms with Crippen LogP contribution in [-0.4, -0.2) is 5.11 Å². The summed E-state index contributed by atoms with van der Waals surface area (Å²) in [4.78, 5) is 0. The molecule has 1 aromatic carbocycles. The number of halogens is 2. The fourth-order valence-corrected chi connectivity index (χ4v) is 1.62. The SMILES string of the molecule is OC1(c2ccc(Br)c(Cl)c2)CC1. The summed E-state index contributed by atoms with van der Waals surface area (Å²) in [5.74, 6) is 0. The molecule has 1 fully saturated rings. The highest BCUT2D eigenvalue weighted by atomic mass is 79.9. The number of hydrogen-bond donors (Lipinski definition) is 1. The molecule has 0 amide bonds. The van der Waals surface area contributed by atoms with Crippen LogP contribution in [-0.2, 0) is 5.60 Å². The zero-order valence-corrected chi connectivity index (χ0v) is 8.69. The summed E-state index contributed by atoms with van der Waals surface area (Å²) in [6.45, 7) is 0. The lowest BCUT2D eigenvalue weighted by Gasteiger charge is -2.08. The van der Waals surface area contributed by atoms with E-state index in [9.17, 15) is 5.11 Å². The molecular weight excluding hydrogens is 239 g/mol. The number of hydrogen-bond acceptors (Lipinski definition) is 1. The van der Waals surface area contributed by atoms with Crippen LogP contribution in [0.1, 0.15) is 18.4 Å². The topological polar surface area (TPSA) is 20.2 Å². The normalized spacial score (nSPS) is 19.2. The van der Waals surface area contributed by atoms with Crippen molar-refractivity contribution in [3.05, 3.63) is 33.3 Å². The van der Waals surface area contributed by atoms with E-state index in [0.29, 0.717) is 5.02 Å². The van der Waals surface area contributed by atoms with Crippen molar-refractivity contribution in [3.8, 4) is 0 Å². The fraction of sp³-hybridized carbons (Fsp3) is 0.333. The molecule has 0 aromatic heterocycles. The Kier molecular flexibility index (Phi) is 1.94. The third kappa shape index (κ3) is 1.39. The molecule has 1 nitrogen and oxygen atoms in total. The highest BCUT2D eigenvalue weighted by Gasteiger charge is 2.42. The van der Waals surface area contributed by atoms with E-state index in [-0.39, 0.29) is 0 Å².